The molecule has 6 heteroatoms. The van der Waals surface area contributed by atoms with Crippen molar-refractivity contribution in [2.45, 2.75) is 19.5 Å². The molecule has 0 saturated carbocycles. The van der Waals surface area contributed by atoms with E-state index < -0.39 is 6.09 Å². The quantitative estimate of drug-likeness (QED) is 0.673. The lowest BCUT2D eigenvalue weighted by molar-refractivity contribution is 0.180. The van der Waals surface area contributed by atoms with Crippen molar-refractivity contribution in [2.24, 2.45) is 0 Å². The lowest BCUT2D eigenvalue weighted by Crippen LogP contribution is -2.34. The van der Waals surface area contributed by atoms with Gasteiger partial charge >= 0.3 is 6.09 Å². The van der Waals surface area contributed by atoms with E-state index in [2.05, 4.69) is 29.2 Å². The van der Waals surface area contributed by atoms with Gasteiger partial charge in [0.05, 0.1) is 25.4 Å². The first-order valence-electron chi connectivity index (χ1n) is 9.68. The zero-order chi connectivity index (χ0) is 20.4. The van der Waals surface area contributed by atoms with Crippen LogP contribution in [0.15, 0.2) is 48.5 Å². The van der Waals surface area contributed by atoms with Crippen LogP contribution < -0.4 is 9.64 Å². The van der Waals surface area contributed by atoms with Crippen molar-refractivity contribution in [3.63, 3.8) is 0 Å². The number of nitrogens with zero attached hydrogens (tertiary/aromatic N) is 3. The zero-order valence-electron chi connectivity index (χ0n) is 17.0. The summed E-state index contributed by atoms with van der Waals surface area (Å²) in [5.41, 5.74) is 5.08. The molecule has 0 atom stereocenters. The summed E-state index contributed by atoms with van der Waals surface area (Å²) in [4.78, 5) is 21.3. The number of hydrogen-bond donors (Lipinski definition) is 0. The van der Waals surface area contributed by atoms with Crippen LogP contribution >= 0.6 is 0 Å². The number of rotatable bonds is 4. The summed E-state index contributed by atoms with van der Waals surface area (Å²) in [5.74, 6) is 0.732. The van der Waals surface area contributed by atoms with Crippen LogP contribution in [0.1, 0.15) is 16.8 Å². The monoisotopic (exact) mass is 391 g/mol. The molecule has 0 spiro atoms. The third-order valence-corrected chi connectivity index (χ3v) is 5.43. The summed E-state index contributed by atoms with van der Waals surface area (Å²) in [6.07, 6.45) is 0.439. The molecule has 2 aromatic carbocycles. The van der Waals surface area contributed by atoms with Crippen LogP contribution in [0.25, 0.3) is 10.9 Å². The molecule has 150 valence electrons. The maximum atomic E-state index is 12.4. The van der Waals surface area contributed by atoms with E-state index in [0.717, 1.165) is 59.7 Å². The number of pyridine rings is 1. The molecule has 6 nitrogen and oxygen atoms in total. The number of carbonyl (C=O) groups excluding carboxylic acids is 1. The fourth-order valence-corrected chi connectivity index (χ4v) is 3.97. The van der Waals surface area contributed by atoms with Crippen molar-refractivity contribution in [1.82, 2.24) is 9.88 Å². The standard InChI is InChI=1S/C23H25N3O3/c1-25(23(27)29-3)22-18-13-17(28-2)9-10-20(18)24-21-11-12-26(15-19(21)22)14-16-7-5-4-6-8-16/h4-10,13H,11-12,14-15H2,1-3H3. The van der Waals surface area contributed by atoms with Crippen LogP contribution in [0.5, 0.6) is 5.75 Å². The lowest BCUT2D eigenvalue weighted by Gasteiger charge is -2.32. The first-order valence-corrected chi connectivity index (χ1v) is 9.68. The molecular formula is C23H25N3O3. The van der Waals surface area contributed by atoms with Crippen LogP contribution in [0, 0.1) is 0 Å². The second-order valence-electron chi connectivity index (χ2n) is 7.24. The number of anilines is 1. The molecule has 0 fully saturated rings. The molecule has 0 N–H and O–H groups in total. The van der Waals surface area contributed by atoms with Crippen molar-refractivity contribution in [3.05, 3.63) is 65.4 Å². The fourth-order valence-electron chi connectivity index (χ4n) is 3.97. The smallest absolute Gasteiger partial charge is 0.413 e. The van der Waals surface area contributed by atoms with Gasteiger partial charge < -0.3 is 9.47 Å². The first-order chi connectivity index (χ1) is 14.1. The molecule has 0 bridgehead atoms. The van der Waals surface area contributed by atoms with Crippen molar-refractivity contribution >= 4 is 22.7 Å². The summed E-state index contributed by atoms with van der Waals surface area (Å²) in [7, 11) is 4.78. The van der Waals surface area contributed by atoms with Crippen LogP contribution in [-0.2, 0) is 24.2 Å². The number of ether oxygens (including phenoxy) is 2. The highest BCUT2D eigenvalue weighted by atomic mass is 16.5. The highest BCUT2D eigenvalue weighted by Gasteiger charge is 2.27. The van der Waals surface area contributed by atoms with Gasteiger partial charge in [-0.3, -0.25) is 14.8 Å². The average Bonchev–Trinajstić information content (AvgIpc) is 2.76. The van der Waals surface area contributed by atoms with E-state index in [1.807, 2.05) is 24.3 Å². The highest BCUT2D eigenvalue weighted by molar-refractivity contribution is 6.02. The van der Waals surface area contributed by atoms with E-state index in [9.17, 15) is 4.79 Å². The van der Waals surface area contributed by atoms with Gasteiger partial charge in [-0.1, -0.05) is 30.3 Å². The molecule has 1 aliphatic rings. The largest absolute Gasteiger partial charge is 0.497 e. The van der Waals surface area contributed by atoms with Gasteiger partial charge in [-0.15, -0.1) is 0 Å². The summed E-state index contributed by atoms with van der Waals surface area (Å²) < 4.78 is 10.4. The van der Waals surface area contributed by atoms with Gasteiger partial charge in [-0.05, 0) is 23.8 Å². The summed E-state index contributed by atoms with van der Waals surface area (Å²) in [5, 5.41) is 0.887. The average molecular weight is 391 g/mol. The van der Waals surface area contributed by atoms with Gasteiger partial charge in [-0.2, -0.15) is 0 Å². The van der Waals surface area contributed by atoms with Crippen LogP contribution in [0.3, 0.4) is 0 Å². The molecule has 1 aromatic heterocycles. The molecule has 2 heterocycles. The Labute approximate surface area is 170 Å². The summed E-state index contributed by atoms with van der Waals surface area (Å²) >= 11 is 0. The highest BCUT2D eigenvalue weighted by Crippen LogP contribution is 2.36. The van der Waals surface area contributed by atoms with E-state index in [-0.39, 0.29) is 0 Å². The van der Waals surface area contributed by atoms with Crippen molar-refractivity contribution in [2.75, 3.05) is 32.7 Å². The van der Waals surface area contributed by atoms with Gasteiger partial charge in [0.25, 0.3) is 0 Å². The molecule has 0 aliphatic carbocycles. The van der Waals surface area contributed by atoms with E-state index in [4.69, 9.17) is 14.5 Å². The van der Waals surface area contributed by atoms with Crippen LogP contribution in [0.4, 0.5) is 10.5 Å². The fraction of sp³-hybridized carbons (Fsp3) is 0.304. The van der Waals surface area contributed by atoms with Gasteiger partial charge in [0, 0.05) is 49.7 Å². The Bertz CT molecular complexity index is 1040. The van der Waals surface area contributed by atoms with Crippen molar-refractivity contribution in [3.8, 4) is 5.75 Å². The number of benzene rings is 2. The van der Waals surface area contributed by atoms with Crippen LogP contribution in [0.2, 0.25) is 0 Å². The number of hydrogen-bond acceptors (Lipinski definition) is 5. The maximum absolute atomic E-state index is 12.4. The minimum Gasteiger partial charge on any atom is -0.497 e. The Balaban J connectivity index is 1.80. The SMILES string of the molecule is COC(=O)N(C)c1c2c(nc3ccc(OC)cc13)CCN(Cc1ccccc1)C2. The first kappa shape index (κ1) is 19.2. The van der Waals surface area contributed by atoms with E-state index in [1.54, 1.807) is 19.1 Å². The zero-order valence-corrected chi connectivity index (χ0v) is 17.0. The summed E-state index contributed by atoms with van der Waals surface area (Å²) in [6, 6.07) is 16.2. The van der Waals surface area contributed by atoms with Crippen molar-refractivity contribution in [1.29, 1.82) is 0 Å². The minimum atomic E-state index is -0.400. The Morgan fingerprint density at radius 3 is 2.69 bits per heavy atom. The molecule has 29 heavy (non-hydrogen) atoms. The number of methoxy groups -OCH3 is 2. The van der Waals surface area contributed by atoms with E-state index >= 15 is 0 Å². The Hall–Kier alpha value is -3.12. The number of amides is 1. The minimum absolute atomic E-state index is 0.400. The summed E-state index contributed by atoms with van der Waals surface area (Å²) in [6.45, 7) is 2.51. The molecule has 1 amide bonds. The molecule has 0 radical (unpaired) electrons. The second kappa shape index (κ2) is 8.09. The second-order valence-corrected chi connectivity index (χ2v) is 7.24. The lowest BCUT2D eigenvalue weighted by atomic mass is 9.98. The normalized spacial score (nSPS) is 13.8. The van der Waals surface area contributed by atoms with Gasteiger partial charge in [-0.25, -0.2) is 4.79 Å². The predicted molar refractivity (Wildman–Crippen MR) is 113 cm³/mol. The Morgan fingerprint density at radius 2 is 1.97 bits per heavy atom. The topological polar surface area (TPSA) is 54.9 Å². The van der Waals surface area contributed by atoms with Crippen molar-refractivity contribution < 1.29 is 14.3 Å². The third kappa shape index (κ3) is 3.76. The molecule has 0 unspecified atom stereocenters. The molecule has 4 rings (SSSR count). The van der Waals surface area contributed by atoms with Gasteiger partial charge in [0.1, 0.15) is 5.75 Å². The Morgan fingerprint density at radius 1 is 1.17 bits per heavy atom. The molecule has 3 aromatic rings. The number of aromatic nitrogens is 1. The third-order valence-electron chi connectivity index (χ3n) is 5.43. The van der Waals surface area contributed by atoms with Gasteiger partial charge in [0.2, 0.25) is 0 Å². The number of fused-ring (bicyclic) bond motifs is 2. The van der Waals surface area contributed by atoms with E-state index in [0.29, 0.717) is 0 Å². The number of carbonyl (C=O) groups is 1. The molecular weight excluding hydrogens is 366 g/mol. The molecule has 1 aliphatic heterocycles. The van der Waals surface area contributed by atoms with E-state index in [1.165, 1.54) is 12.7 Å². The predicted octanol–water partition coefficient (Wildman–Crippen LogP) is 4.00. The Kier molecular flexibility index (Phi) is 5.36. The molecule has 0 saturated heterocycles. The maximum Gasteiger partial charge on any atom is 0.413 e. The van der Waals surface area contributed by atoms with Crippen LogP contribution in [-0.4, -0.2) is 43.8 Å². The van der Waals surface area contributed by atoms with Gasteiger partial charge in [0.15, 0.2) is 0 Å².